The molecule has 0 bridgehead atoms. The molecule has 0 radical (unpaired) electrons. The van der Waals surface area contributed by atoms with Gasteiger partial charge < -0.3 is 5.73 Å². The lowest BCUT2D eigenvalue weighted by molar-refractivity contribution is 0.581. The number of benzene rings is 1. The van der Waals surface area contributed by atoms with Gasteiger partial charge in [-0.1, -0.05) is 17.7 Å². The largest absolute Gasteiger partial charge is 0.326 e. The molecule has 1 rings (SSSR count). The van der Waals surface area contributed by atoms with Crippen LogP contribution in [0.25, 0.3) is 0 Å². The van der Waals surface area contributed by atoms with E-state index >= 15 is 0 Å². The lowest BCUT2D eigenvalue weighted by atomic mass is 10.2. The zero-order valence-electron chi connectivity index (χ0n) is 9.84. The van der Waals surface area contributed by atoms with Gasteiger partial charge in [-0.2, -0.15) is 0 Å². The van der Waals surface area contributed by atoms with Crippen molar-refractivity contribution in [2.75, 3.05) is 12.3 Å². The molecule has 0 saturated carbocycles. The number of hydrogen-bond acceptors (Lipinski definition) is 5. The summed E-state index contributed by atoms with van der Waals surface area (Å²) in [6.45, 7) is -0.0883. The minimum absolute atomic E-state index is 0.0195. The van der Waals surface area contributed by atoms with E-state index in [4.69, 9.17) is 22.5 Å². The molecule has 7 nitrogen and oxygen atoms in total. The maximum absolute atomic E-state index is 11.9. The topological polar surface area (TPSA) is 132 Å². The first kappa shape index (κ1) is 16.3. The van der Waals surface area contributed by atoms with E-state index in [1.165, 1.54) is 18.2 Å². The van der Waals surface area contributed by atoms with E-state index in [1.54, 1.807) is 0 Å². The van der Waals surface area contributed by atoms with E-state index in [0.717, 1.165) is 0 Å². The van der Waals surface area contributed by atoms with Crippen molar-refractivity contribution in [2.24, 2.45) is 10.9 Å². The molecule has 0 aliphatic rings. The summed E-state index contributed by atoms with van der Waals surface area (Å²) in [5, 5.41) is 4.79. The second-order valence-electron chi connectivity index (χ2n) is 3.73. The smallest absolute Gasteiger partial charge is 0.242 e. The molecule has 0 unspecified atom stereocenters. The average molecular weight is 328 g/mol. The van der Waals surface area contributed by atoms with E-state index in [-0.39, 0.29) is 23.0 Å². The lowest BCUT2D eigenvalue weighted by Gasteiger charge is -2.08. The van der Waals surface area contributed by atoms with Crippen molar-refractivity contribution in [3.63, 3.8) is 0 Å². The summed E-state index contributed by atoms with van der Waals surface area (Å²) in [4.78, 5) is -0.138. The number of nitrogens with two attached hydrogens (primary N) is 2. The molecule has 0 aliphatic carbocycles. The monoisotopic (exact) mass is 327 g/mol. The standard InChI is InChI=1S/C9H14ClN3O4S2/c10-8-5-7(6-11)1-2-9(8)19(16,17)13-3-4-18(12,14)15/h1-2,5,13H,3-4,6,11H2,(H2,12,14,15). The van der Waals surface area contributed by atoms with Crippen molar-refractivity contribution in [3.8, 4) is 0 Å². The molecule has 0 amide bonds. The third-order valence-electron chi connectivity index (χ3n) is 2.20. The molecule has 108 valence electrons. The highest BCUT2D eigenvalue weighted by atomic mass is 35.5. The number of hydrogen-bond donors (Lipinski definition) is 3. The molecular formula is C9H14ClN3O4S2. The second kappa shape index (κ2) is 6.16. The van der Waals surface area contributed by atoms with Crippen LogP contribution in [0.15, 0.2) is 23.1 Å². The number of sulfonamides is 2. The fourth-order valence-corrected chi connectivity index (χ4v) is 3.40. The molecule has 0 aliphatic heterocycles. The van der Waals surface area contributed by atoms with Gasteiger partial charge in [-0.15, -0.1) is 0 Å². The van der Waals surface area contributed by atoms with Crippen LogP contribution in [0.5, 0.6) is 0 Å². The van der Waals surface area contributed by atoms with Crippen LogP contribution in [0.3, 0.4) is 0 Å². The summed E-state index contributed by atoms with van der Waals surface area (Å²) in [5.74, 6) is -0.495. The number of rotatable bonds is 6. The Hall–Kier alpha value is -0.710. The van der Waals surface area contributed by atoms with Gasteiger partial charge in [0.2, 0.25) is 20.0 Å². The van der Waals surface area contributed by atoms with Crippen LogP contribution in [0.1, 0.15) is 5.56 Å². The summed E-state index contributed by atoms with van der Waals surface area (Å²) < 4.78 is 47.3. The molecule has 10 heteroatoms. The summed E-state index contributed by atoms with van der Waals surface area (Å²) >= 11 is 5.84. The Morgan fingerprint density at radius 1 is 1.21 bits per heavy atom. The van der Waals surface area contributed by atoms with Crippen LogP contribution in [0.2, 0.25) is 5.02 Å². The number of halogens is 1. The summed E-state index contributed by atoms with van der Waals surface area (Å²) in [5.41, 5.74) is 6.09. The maximum atomic E-state index is 11.9. The van der Waals surface area contributed by atoms with Crippen LogP contribution in [0, 0.1) is 0 Å². The Labute approximate surface area is 117 Å². The zero-order valence-corrected chi connectivity index (χ0v) is 12.2. The van der Waals surface area contributed by atoms with Crippen molar-refractivity contribution in [1.29, 1.82) is 0 Å². The fraction of sp³-hybridized carbons (Fsp3) is 0.333. The molecular weight excluding hydrogens is 314 g/mol. The highest BCUT2D eigenvalue weighted by Crippen LogP contribution is 2.22. The molecule has 0 fully saturated rings. The van der Waals surface area contributed by atoms with Gasteiger partial charge in [0.25, 0.3) is 0 Å². The Morgan fingerprint density at radius 3 is 2.32 bits per heavy atom. The first-order valence-corrected chi connectivity index (χ1v) is 8.72. The van der Waals surface area contributed by atoms with Gasteiger partial charge in [0.15, 0.2) is 0 Å². The van der Waals surface area contributed by atoms with Crippen molar-refractivity contribution in [1.82, 2.24) is 4.72 Å². The van der Waals surface area contributed by atoms with E-state index in [2.05, 4.69) is 4.72 Å². The van der Waals surface area contributed by atoms with Crippen molar-refractivity contribution < 1.29 is 16.8 Å². The first-order chi connectivity index (χ1) is 8.65. The van der Waals surface area contributed by atoms with Gasteiger partial charge in [-0.3, -0.25) is 0 Å². The number of nitrogens with one attached hydrogen (secondary N) is 1. The van der Waals surface area contributed by atoms with Crippen molar-refractivity contribution >= 4 is 31.6 Å². The molecule has 19 heavy (non-hydrogen) atoms. The van der Waals surface area contributed by atoms with Gasteiger partial charge in [-0.05, 0) is 17.7 Å². The molecule has 0 aromatic heterocycles. The van der Waals surface area contributed by atoms with Crippen LogP contribution in [0.4, 0.5) is 0 Å². The maximum Gasteiger partial charge on any atom is 0.242 e. The summed E-state index contributed by atoms with van der Waals surface area (Å²) in [7, 11) is -7.61. The Balaban J connectivity index is 2.89. The van der Waals surface area contributed by atoms with Crippen LogP contribution in [-0.2, 0) is 26.6 Å². The third kappa shape index (κ3) is 5.05. The van der Waals surface area contributed by atoms with Gasteiger partial charge in [0.05, 0.1) is 10.8 Å². The zero-order chi connectivity index (χ0) is 14.7. The van der Waals surface area contributed by atoms with E-state index in [0.29, 0.717) is 5.56 Å². The van der Waals surface area contributed by atoms with E-state index in [1.807, 2.05) is 0 Å². The molecule has 0 spiro atoms. The van der Waals surface area contributed by atoms with E-state index in [9.17, 15) is 16.8 Å². The predicted octanol–water partition coefficient (Wildman–Crippen LogP) is -0.634. The fourth-order valence-electron chi connectivity index (χ4n) is 1.29. The summed E-state index contributed by atoms with van der Waals surface area (Å²) in [6.07, 6.45) is 0. The Morgan fingerprint density at radius 2 is 1.84 bits per heavy atom. The van der Waals surface area contributed by atoms with Crippen molar-refractivity contribution in [2.45, 2.75) is 11.4 Å². The third-order valence-corrected chi connectivity index (χ3v) is 4.92. The highest BCUT2D eigenvalue weighted by molar-refractivity contribution is 7.90. The SMILES string of the molecule is NCc1ccc(S(=O)(=O)NCCS(N)(=O)=O)c(Cl)c1. The van der Waals surface area contributed by atoms with Crippen LogP contribution < -0.4 is 15.6 Å². The van der Waals surface area contributed by atoms with Crippen molar-refractivity contribution in [3.05, 3.63) is 28.8 Å². The highest BCUT2D eigenvalue weighted by Gasteiger charge is 2.18. The molecule has 0 atom stereocenters. The minimum Gasteiger partial charge on any atom is -0.326 e. The number of primary sulfonamides is 1. The lowest BCUT2D eigenvalue weighted by Crippen LogP contribution is -2.31. The molecule has 0 heterocycles. The minimum atomic E-state index is -3.88. The Kier molecular flexibility index (Phi) is 5.30. The quantitative estimate of drug-likeness (QED) is 0.639. The van der Waals surface area contributed by atoms with Gasteiger partial charge in [0, 0.05) is 13.1 Å². The molecule has 1 aromatic rings. The summed E-state index contributed by atoms with van der Waals surface area (Å²) in [6, 6.07) is 4.28. The van der Waals surface area contributed by atoms with Gasteiger partial charge in [0.1, 0.15) is 4.90 Å². The van der Waals surface area contributed by atoms with E-state index < -0.39 is 25.8 Å². The molecule has 5 N–H and O–H groups in total. The molecule has 1 aromatic carbocycles. The second-order valence-corrected chi connectivity index (χ2v) is 7.61. The normalized spacial score (nSPS) is 12.6. The average Bonchev–Trinajstić information content (AvgIpc) is 2.26. The Bertz CT molecular complexity index is 658. The predicted molar refractivity (Wildman–Crippen MR) is 72.5 cm³/mol. The van der Waals surface area contributed by atoms with Crippen LogP contribution in [-0.4, -0.2) is 29.1 Å². The first-order valence-electron chi connectivity index (χ1n) is 5.14. The van der Waals surface area contributed by atoms with Crippen LogP contribution >= 0.6 is 11.6 Å². The van der Waals surface area contributed by atoms with Gasteiger partial charge in [-0.25, -0.2) is 26.7 Å². The molecule has 0 saturated heterocycles. The van der Waals surface area contributed by atoms with Gasteiger partial charge >= 0.3 is 0 Å².